The van der Waals surface area contributed by atoms with Crippen LogP contribution in [-0.2, 0) is 14.3 Å². The fourth-order valence-electron chi connectivity index (χ4n) is 5.85. The number of esters is 1. The monoisotopic (exact) mass is 316 g/mol. The third-order valence-corrected chi connectivity index (χ3v) is 6.84. The Labute approximate surface area is 136 Å². The zero-order chi connectivity index (χ0) is 16.4. The van der Waals surface area contributed by atoms with Gasteiger partial charge in [0.15, 0.2) is 5.78 Å². The zero-order valence-electron chi connectivity index (χ0n) is 13.7. The molecular formula is C19H24O4. The Hall–Kier alpha value is -1.42. The van der Waals surface area contributed by atoms with Gasteiger partial charge in [-0.1, -0.05) is 18.6 Å². The fraction of sp³-hybridized carbons (Fsp3) is 0.684. The largest absolute Gasteiger partial charge is 0.459 e. The van der Waals surface area contributed by atoms with Gasteiger partial charge in [-0.2, -0.15) is 0 Å². The Balaban J connectivity index is 1.73. The van der Waals surface area contributed by atoms with Gasteiger partial charge < -0.3 is 9.84 Å². The van der Waals surface area contributed by atoms with E-state index in [-0.39, 0.29) is 23.1 Å². The molecule has 0 aromatic rings. The molecule has 124 valence electrons. The number of aliphatic hydroxyl groups is 1. The van der Waals surface area contributed by atoms with Crippen molar-refractivity contribution in [1.29, 1.82) is 0 Å². The van der Waals surface area contributed by atoms with E-state index in [0.29, 0.717) is 24.7 Å². The Kier molecular flexibility index (Phi) is 3.15. The molecule has 4 rings (SSSR count). The smallest absolute Gasteiger partial charge is 0.306 e. The number of ketones is 1. The third-order valence-electron chi connectivity index (χ3n) is 6.84. The van der Waals surface area contributed by atoms with Crippen LogP contribution >= 0.6 is 0 Å². The molecule has 0 unspecified atom stereocenters. The van der Waals surface area contributed by atoms with E-state index < -0.39 is 11.7 Å². The van der Waals surface area contributed by atoms with Crippen LogP contribution in [0.1, 0.15) is 46.0 Å². The van der Waals surface area contributed by atoms with E-state index in [2.05, 4.69) is 6.92 Å². The van der Waals surface area contributed by atoms with E-state index in [0.717, 1.165) is 24.8 Å². The second kappa shape index (κ2) is 4.79. The summed E-state index contributed by atoms with van der Waals surface area (Å²) in [6.45, 7) is 4.14. The Bertz CT molecular complexity index is 633. The maximum atomic E-state index is 11.8. The zero-order valence-corrected chi connectivity index (χ0v) is 13.7. The molecule has 6 atom stereocenters. The summed E-state index contributed by atoms with van der Waals surface area (Å²) < 4.78 is 5.70. The van der Waals surface area contributed by atoms with Gasteiger partial charge in [-0.3, -0.25) is 9.59 Å². The summed E-state index contributed by atoms with van der Waals surface area (Å²) in [6.07, 6.45) is 8.57. The number of hydrogen-bond acceptors (Lipinski definition) is 4. The van der Waals surface area contributed by atoms with Gasteiger partial charge in [0.2, 0.25) is 0 Å². The number of aliphatic hydroxyl groups excluding tert-OH is 1. The van der Waals surface area contributed by atoms with Crippen LogP contribution in [-0.4, -0.2) is 28.6 Å². The summed E-state index contributed by atoms with van der Waals surface area (Å²) in [5, 5.41) is 10.9. The Morgan fingerprint density at radius 2 is 2.00 bits per heavy atom. The van der Waals surface area contributed by atoms with Gasteiger partial charge in [0.05, 0.1) is 6.10 Å². The van der Waals surface area contributed by atoms with Crippen LogP contribution in [0.5, 0.6) is 0 Å². The molecule has 0 radical (unpaired) electrons. The van der Waals surface area contributed by atoms with Gasteiger partial charge in [0, 0.05) is 30.1 Å². The first kappa shape index (κ1) is 15.1. The number of fused-ring (bicyclic) bond motifs is 5. The summed E-state index contributed by atoms with van der Waals surface area (Å²) in [5.41, 5.74) is 0.363. The molecule has 23 heavy (non-hydrogen) atoms. The van der Waals surface area contributed by atoms with E-state index in [4.69, 9.17) is 4.74 Å². The molecular weight excluding hydrogens is 292 g/mol. The van der Waals surface area contributed by atoms with Crippen molar-refractivity contribution in [1.82, 2.24) is 0 Å². The Morgan fingerprint density at radius 1 is 1.22 bits per heavy atom. The maximum Gasteiger partial charge on any atom is 0.306 e. The first-order valence-corrected chi connectivity index (χ1v) is 8.68. The molecule has 1 saturated heterocycles. The molecule has 0 amide bonds. The van der Waals surface area contributed by atoms with Gasteiger partial charge in [0.25, 0.3) is 0 Å². The quantitative estimate of drug-likeness (QED) is 0.698. The molecule has 4 aliphatic rings. The summed E-state index contributed by atoms with van der Waals surface area (Å²) in [5.74, 6) is 0.648. The van der Waals surface area contributed by atoms with Crippen LogP contribution in [0.4, 0.5) is 0 Å². The molecule has 0 spiro atoms. The average Bonchev–Trinajstić information content (AvgIpc) is 2.46. The number of hydrogen-bond donors (Lipinski definition) is 1. The van der Waals surface area contributed by atoms with Crippen LogP contribution < -0.4 is 0 Å². The summed E-state index contributed by atoms with van der Waals surface area (Å²) >= 11 is 0. The first-order valence-electron chi connectivity index (χ1n) is 8.68. The number of carbonyl (C=O) groups excluding carboxylic acids is 2. The van der Waals surface area contributed by atoms with Crippen molar-refractivity contribution in [3.63, 3.8) is 0 Å². The molecule has 4 heteroatoms. The van der Waals surface area contributed by atoms with Crippen molar-refractivity contribution in [2.75, 3.05) is 0 Å². The van der Waals surface area contributed by atoms with Gasteiger partial charge in [0.1, 0.15) is 5.60 Å². The first-order chi connectivity index (χ1) is 10.8. The van der Waals surface area contributed by atoms with Crippen molar-refractivity contribution in [3.8, 4) is 0 Å². The summed E-state index contributed by atoms with van der Waals surface area (Å²) in [6, 6.07) is 0. The summed E-state index contributed by atoms with van der Waals surface area (Å²) in [7, 11) is 0. The van der Waals surface area contributed by atoms with Crippen molar-refractivity contribution >= 4 is 11.8 Å². The highest BCUT2D eigenvalue weighted by molar-refractivity contribution is 6.01. The van der Waals surface area contributed by atoms with Gasteiger partial charge in [-0.25, -0.2) is 0 Å². The van der Waals surface area contributed by atoms with Crippen molar-refractivity contribution in [2.24, 2.45) is 23.2 Å². The van der Waals surface area contributed by atoms with E-state index in [1.165, 1.54) is 0 Å². The highest BCUT2D eigenvalue weighted by atomic mass is 16.6. The lowest BCUT2D eigenvalue weighted by atomic mass is 9.48. The lowest BCUT2D eigenvalue weighted by molar-refractivity contribution is -0.209. The predicted octanol–water partition coefficient (Wildman–Crippen LogP) is 2.56. The number of ether oxygens (including phenoxy) is 1. The molecule has 2 saturated carbocycles. The maximum absolute atomic E-state index is 11.8. The molecule has 0 bridgehead atoms. The van der Waals surface area contributed by atoms with Gasteiger partial charge in [-0.05, 0) is 44.3 Å². The molecule has 3 fully saturated rings. The summed E-state index contributed by atoms with van der Waals surface area (Å²) in [4.78, 5) is 23.5. The van der Waals surface area contributed by atoms with E-state index in [1.807, 2.05) is 13.0 Å². The minimum absolute atomic E-state index is 0.0534. The fourth-order valence-corrected chi connectivity index (χ4v) is 5.85. The van der Waals surface area contributed by atoms with E-state index in [9.17, 15) is 14.7 Å². The minimum atomic E-state index is -0.540. The lowest BCUT2D eigenvalue weighted by Gasteiger charge is -2.59. The highest BCUT2D eigenvalue weighted by Gasteiger charge is 2.60. The van der Waals surface area contributed by atoms with E-state index in [1.54, 1.807) is 12.2 Å². The third kappa shape index (κ3) is 2.07. The second-order valence-electron chi connectivity index (χ2n) is 8.12. The van der Waals surface area contributed by atoms with Crippen LogP contribution in [0, 0.1) is 23.2 Å². The normalized spacial score (nSPS) is 48.7. The predicted molar refractivity (Wildman–Crippen MR) is 84.4 cm³/mol. The van der Waals surface area contributed by atoms with Crippen LogP contribution in [0.25, 0.3) is 0 Å². The van der Waals surface area contributed by atoms with Crippen LogP contribution in [0.15, 0.2) is 23.8 Å². The number of rotatable bonds is 0. The van der Waals surface area contributed by atoms with Crippen LogP contribution in [0.3, 0.4) is 0 Å². The molecule has 3 aliphatic carbocycles. The second-order valence-corrected chi connectivity index (χ2v) is 8.12. The average molecular weight is 316 g/mol. The molecule has 1 aliphatic heterocycles. The number of allylic oxidation sites excluding steroid dienone is 4. The van der Waals surface area contributed by atoms with Crippen molar-refractivity contribution < 1.29 is 19.4 Å². The molecule has 1 N–H and O–H groups in total. The Morgan fingerprint density at radius 3 is 2.78 bits per heavy atom. The van der Waals surface area contributed by atoms with Gasteiger partial charge >= 0.3 is 5.97 Å². The van der Waals surface area contributed by atoms with Crippen molar-refractivity contribution in [2.45, 2.75) is 57.7 Å². The minimum Gasteiger partial charge on any atom is -0.459 e. The molecule has 0 aromatic carbocycles. The van der Waals surface area contributed by atoms with Crippen molar-refractivity contribution in [3.05, 3.63) is 23.8 Å². The SMILES string of the molecule is C[C@@]12C[C@H](O)[C@@H]3[C@H](CCC4=CC(=O)C=C[C@]43C)[C@@H]1CCC(=O)O2. The molecule has 0 aromatic heterocycles. The van der Waals surface area contributed by atoms with Gasteiger partial charge in [-0.15, -0.1) is 0 Å². The number of carbonyl (C=O) groups is 2. The van der Waals surface area contributed by atoms with Crippen LogP contribution in [0.2, 0.25) is 0 Å². The highest BCUT2D eigenvalue weighted by Crippen LogP contribution is 2.60. The molecule has 4 nitrogen and oxygen atoms in total. The topological polar surface area (TPSA) is 63.6 Å². The van der Waals surface area contributed by atoms with E-state index >= 15 is 0 Å². The lowest BCUT2D eigenvalue weighted by Crippen LogP contribution is -2.61. The standard InChI is InChI=1S/C19H24O4/c1-18-8-7-12(20)9-11(18)3-4-13-14-5-6-16(22)23-19(14,2)10-15(21)17(13)18/h7-9,13-15,17,21H,3-6,10H2,1-2H3/t13-,14+,15+,17+,18-,19-/m1/s1. The molecule has 1 heterocycles.